The van der Waals surface area contributed by atoms with E-state index in [-0.39, 0.29) is 11.6 Å². The topological polar surface area (TPSA) is 105 Å². The molecule has 8 heteroatoms. The quantitative estimate of drug-likeness (QED) is 0.658. The monoisotopic (exact) mass is 323 g/mol. The van der Waals surface area contributed by atoms with Gasteiger partial charge in [0, 0.05) is 19.6 Å². The number of ether oxygens (including phenoxy) is 1. The number of hydrogen-bond donors (Lipinski definition) is 3. The smallest absolute Gasteiger partial charge is 0.407 e. The number of rotatable bonds is 7. The Bertz CT molecular complexity index is 511. The van der Waals surface area contributed by atoms with Crippen molar-refractivity contribution in [2.24, 2.45) is 0 Å². The van der Waals surface area contributed by atoms with Crippen LogP contribution in [0, 0.1) is 0 Å². The molecule has 8 nitrogen and oxygen atoms in total. The van der Waals surface area contributed by atoms with Crippen molar-refractivity contribution in [1.29, 1.82) is 0 Å². The first-order valence-corrected chi connectivity index (χ1v) is 7.64. The highest BCUT2D eigenvalue weighted by atomic mass is 16.6. The number of anilines is 1. The van der Waals surface area contributed by atoms with E-state index in [9.17, 15) is 9.59 Å². The Morgan fingerprint density at radius 3 is 2.43 bits per heavy atom. The molecule has 1 rings (SSSR count). The molecular formula is C15H25N5O3. The predicted molar refractivity (Wildman–Crippen MR) is 87.4 cm³/mol. The van der Waals surface area contributed by atoms with E-state index in [1.54, 1.807) is 12.1 Å². The average Bonchev–Trinajstić information content (AvgIpc) is 2.46. The van der Waals surface area contributed by atoms with Crippen LogP contribution in [0.3, 0.4) is 0 Å². The maximum Gasteiger partial charge on any atom is 0.407 e. The Balaban J connectivity index is 2.23. The van der Waals surface area contributed by atoms with Crippen molar-refractivity contribution in [3.63, 3.8) is 0 Å². The van der Waals surface area contributed by atoms with Gasteiger partial charge in [-0.1, -0.05) is 0 Å². The number of alkyl carbamates (subject to hydrolysis) is 1. The van der Waals surface area contributed by atoms with Crippen LogP contribution in [0.5, 0.6) is 0 Å². The molecule has 0 radical (unpaired) electrons. The highest BCUT2D eigenvalue weighted by molar-refractivity contribution is 5.92. The zero-order chi connectivity index (χ0) is 17.3. The molecule has 23 heavy (non-hydrogen) atoms. The summed E-state index contributed by atoms with van der Waals surface area (Å²) in [5, 5.41) is 16.2. The van der Waals surface area contributed by atoms with Gasteiger partial charge >= 0.3 is 6.09 Å². The molecule has 0 fully saturated rings. The molecule has 1 aromatic heterocycles. The summed E-state index contributed by atoms with van der Waals surface area (Å²) in [4.78, 5) is 23.0. The lowest BCUT2D eigenvalue weighted by molar-refractivity contribution is 0.0527. The molecule has 0 bridgehead atoms. The van der Waals surface area contributed by atoms with E-state index in [2.05, 4.69) is 26.1 Å². The fourth-order valence-electron chi connectivity index (χ4n) is 1.61. The predicted octanol–water partition coefficient (Wildman–Crippen LogP) is 1.55. The molecule has 1 aromatic rings. The minimum atomic E-state index is -0.496. The lowest BCUT2D eigenvalue weighted by Gasteiger charge is -2.19. The van der Waals surface area contributed by atoms with Crippen LogP contribution >= 0.6 is 0 Å². The fraction of sp³-hybridized carbons (Fsp3) is 0.600. The number of carbonyl (C=O) groups is 2. The third-order valence-corrected chi connectivity index (χ3v) is 2.56. The van der Waals surface area contributed by atoms with Gasteiger partial charge in [-0.15, -0.1) is 10.2 Å². The van der Waals surface area contributed by atoms with E-state index in [0.717, 1.165) is 0 Å². The van der Waals surface area contributed by atoms with Crippen LogP contribution in [0.1, 0.15) is 44.6 Å². The molecule has 0 aliphatic rings. The highest BCUT2D eigenvalue weighted by Crippen LogP contribution is 2.06. The number of amides is 2. The van der Waals surface area contributed by atoms with Gasteiger partial charge in [-0.25, -0.2) is 4.79 Å². The van der Waals surface area contributed by atoms with Gasteiger partial charge in [-0.05, 0) is 46.2 Å². The van der Waals surface area contributed by atoms with Crippen molar-refractivity contribution >= 4 is 17.8 Å². The van der Waals surface area contributed by atoms with Gasteiger partial charge in [0.25, 0.3) is 5.91 Å². The number of nitrogens with zero attached hydrogens (tertiary/aromatic N) is 2. The molecule has 0 saturated carbocycles. The molecule has 0 aliphatic heterocycles. The minimum absolute atomic E-state index is 0.242. The van der Waals surface area contributed by atoms with Crippen LogP contribution in [-0.4, -0.2) is 47.4 Å². The zero-order valence-corrected chi connectivity index (χ0v) is 14.1. The van der Waals surface area contributed by atoms with Crippen molar-refractivity contribution in [3.05, 3.63) is 17.8 Å². The summed E-state index contributed by atoms with van der Waals surface area (Å²) in [5.41, 5.74) is -0.215. The third-order valence-electron chi connectivity index (χ3n) is 2.56. The first-order valence-electron chi connectivity index (χ1n) is 7.64. The van der Waals surface area contributed by atoms with E-state index < -0.39 is 11.7 Å². The molecule has 0 saturated heterocycles. The first-order chi connectivity index (χ1) is 10.8. The Labute approximate surface area is 136 Å². The molecule has 0 aliphatic carbocycles. The van der Waals surface area contributed by atoms with Crippen LogP contribution in [0.2, 0.25) is 0 Å². The molecule has 128 valence electrons. The van der Waals surface area contributed by atoms with Crippen molar-refractivity contribution < 1.29 is 14.3 Å². The zero-order valence-electron chi connectivity index (χ0n) is 14.1. The van der Waals surface area contributed by atoms with Crippen LogP contribution in [-0.2, 0) is 4.74 Å². The average molecular weight is 323 g/mol. The molecular weight excluding hydrogens is 298 g/mol. The molecule has 0 unspecified atom stereocenters. The molecule has 1 heterocycles. The van der Waals surface area contributed by atoms with E-state index in [1.807, 2.05) is 27.7 Å². The second kappa shape index (κ2) is 8.92. The fourth-order valence-corrected chi connectivity index (χ4v) is 1.61. The van der Waals surface area contributed by atoms with Gasteiger partial charge in [0.2, 0.25) is 0 Å². The van der Waals surface area contributed by atoms with Gasteiger partial charge in [0.15, 0.2) is 5.69 Å². The summed E-state index contributed by atoms with van der Waals surface area (Å²) in [6.45, 7) is 8.95. The Morgan fingerprint density at radius 2 is 1.87 bits per heavy atom. The Morgan fingerprint density at radius 1 is 1.13 bits per heavy atom. The van der Waals surface area contributed by atoms with Crippen molar-refractivity contribution in [3.8, 4) is 0 Å². The molecule has 2 amide bonds. The lowest BCUT2D eigenvalue weighted by atomic mass is 10.2. The minimum Gasteiger partial charge on any atom is -0.444 e. The lowest BCUT2D eigenvalue weighted by Crippen LogP contribution is -2.33. The summed E-state index contributed by atoms with van der Waals surface area (Å²) >= 11 is 0. The highest BCUT2D eigenvalue weighted by Gasteiger charge is 2.15. The third kappa shape index (κ3) is 7.98. The number of hydrogen-bond acceptors (Lipinski definition) is 6. The Kier molecular flexibility index (Phi) is 7.24. The number of aromatic nitrogens is 2. The molecule has 0 aromatic carbocycles. The van der Waals surface area contributed by atoms with Gasteiger partial charge in [0.05, 0.1) is 0 Å². The van der Waals surface area contributed by atoms with Crippen LogP contribution in [0.25, 0.3) is 0 Å². The summed E-state index contributed by atoms with van der Waals surface area (Å²) in [6.07, 6.45) is 0.280. The van der Waals surface area contributed by atoms with E-state index in [0.29, 0.717) is 31.9 Å². The molecule has 0 spiro atoms. The van der Waals surface area contributed by atoms with Gasteiger partial charge in [-0.2, -0.15) is 0 Å². The van der Waals surface area contributed by atoms with Crippen LogP contribution < -0.4 is 16.0 Å². The van der Waals surface area contributed by atoms with Gasteiger partial charge in [0.1, 0.15) is 11.4 Å². The Hall–Kier alpha value is -2.38. The maximum absolute atomic E-state index is 11.5. The van der Waals surface area contributed by atoms with Crippen molar-refractivity contribution in [1.82, 2.24) is 20.8 Å². The van der Waals surface area contributed by atoms with Gasteiger partial charge in [-0.3, -0.25) is 4.79 Å². The summed E-state index contributed by atoms with van der Waals surface area (Å²) in [6, 6.07) is 3.30. The second-order valence-corrected chi connectivity index (χ2v) is 5.87. The van der Waals surface area contributed by atoms with E-state index in [1.165, 1.54) is 0 Å². The van der Waals surface area contributed by atoms with Crippen molar-refractivity contribution in [2.45, 2.75) is 39.7 Å². The van der Waals surface area contributed by atoms with Crippen LogP contribution in [0.15, 0.2) is 12.1 Å². The standard InChI is InChI=1S/C15H25N5O3/c1-5-16-13(21)11-7-8-12(20-19-11)17-9-6-10-18-14(22)23-15(2,3)4/h7-8H,5-6,9-10H2,1-4H3,(H,16,21)(H,17,20)(H,18,22). The first kappa shape index (κ1) is 18.7. The van der Waals surface area contributed by atoms with Crippen LogP contribution in [0.4, 0.5) is 10.6 Å². The van der Waals surface area contributed by atoms with E-state index in [4.69, 9.17) is 4.74 Å². The molecule has 0 atom stereocenters. The normalized spacial score (nSPS) is 10.8. The van der Waals surface area contributed by atoms with Crippen molar-refractivity contribution in [2.75, 3.05) is 25.0 Å². The summed E-state index contributed by atoms with van der Waals surface area (Å²) in [7, 11) is 0. The number of nitrogens with one attached hydrogen (secondary N) is 3. The van der Waals surface area contributed by atoms with E-state index >= 15 is 0 Å². The summed E-state index contributed by atoms with van der Waals surface area (Å²) in [5.74, 6) is 0.337. The SMILES string of the molecule is CCNC(=O)c1ccc(NCCCNC(=O)OC(C)(C)C)nn1. The second-order valence-electron chi connectivity index (χ2n) is 5.87. The summed E-state index contributed by atoms with van der Waals surface area (Å²) < 4.78 is 5.13. The number of carbonyl (C=O) groups excluding carboxylic acids is 2. The maximum atomic E-state index is 11.5. The van der Waals surface area contributed by atoms with Gasteiger partial charge < -0.3 is 20.7 Å². The molecule has 3 N–H and O–H groups in total. The largest absolute Gasteiger partial charge is 0.444 e.